The topological polar surface area (TPSA) is 43.8 Å². The van der Waals surface area contributed by atoms with Crippen LogP contribution in [-0.4, -0.2) is 53.6 Å². The van der Waals surface area contributed by atoms with Gasteiger partial charge in [0.15, 0.2) is 0 Å². The van der Waals surface area contributed by atoms with Crippen LogP contribution < -0.4 is 0 Å². The summed E-state index contributed by atoms with van der Waals surface area (Å²) in [5, 5.41) is 8.82. The van der Waals surface area contributed by atoms with Crippen LogP contribution in [0, 0.1) is 0 Å². The molecule has 1 N–H and O–H groups in total. The average molecular weight is 260 g/mol. The van der Waals surface area contributed by atoms with Gasteiger partial charge in [-0.2, -0.15) is 0 Å². The van der Waals surface area contributed by atoms with Gasteiger partial charge in [-0.25, -0.2) is 0 Å². The summed E-state index contributed by atoms with van der Waals surface area (Å²) in [6.07, 6.45) is 2.38. The highest BCUT2D eigenvalue weighted by Crippen LogP contribution is 2.35. The Labute approximate surface area is 113 Å². The van der Waals surface area contributed by atoms with Gasteiger partial charge in [-0.05, 0) is 24.0 Å². The van der Waals surface area contributed by atoms with Crippen LogP contribution >= 0.6 is 0 Å². The zero-order valence-corrected chi connectivity index (χ0v) is 11.1. The van der Waals surface area contributed by atoms with Gasteiger partial charge in [0.25, 0.3) is 0 Å². The molecule has 1 saturated heterocycles. The van der Waals surface area contributed by atoms with E-state index in [-0.39, 0.29) is 6.54 Å². The summed E-state index contributed by atoms with van der Waals surface area (Å²) in [5.74, 6) is -0.723. The summed E-state index contributed by atoms with van der Waals surface area (Å²) in [6, 6.07) is 9.26. The number of nitrogens with zero attached hydrogens (tertiary/aromatic N) is 2. The van der Waals surface area contributed by atoms with Crippen LogP contribution in [0.4, 0.5) is 0 Å². The molecule has 19 heavy (non-hydrogen) atoms. The lowest BCUT2D eigenvalue weighted by Crippen LogP contribution is -2.48. The van der Waals surface area contributed by atoms with Gasteiger partial charge in [-0.3, -0.25) is 14.6 Å². The zero-order chi connectivity index (χ0) is 13.2. The van der Waals surface area contributed by atoms with Crippen LogP contribution in [0.2, 0.25) is 0 Å². The van der Waals surface area contributed by atoms with Crippen LogP contribution in [-0.2, 0) is 11.2 Å². The summed E-state index contributed by atoms with van der Waals surface area (Å²) < 4.78 is 0. The predicted octanol–water partition coefficient (Wildman–Crippen LogP) is 1.38. The maximum atomic E-state index is 10.7. The minimum absolute atomic E-state index is 0.176. The van der Waals surface area contributed by atoms with E-state index in [2.05, 4.69) is 29.2 Å². The standard InChI is InChI=1S/C15H20N2O2/c18-15(19)11-16-7-9-17(10-8-16)14-6-5-12-3-1-2-4-13(12)14/h1-4,14H,5-11H2,(H,18,19). The van der Waals surface area contributed by atoms with E-state index >= 15 is 0 Å². The fourth-order valence-electron chi connectivity index (χ4n) is 3.34. The third-order valence-corrected chi connectivity index (χ3v) is 4.31. The van der Waals surface area contributed by atoms with Crippen LogP contribution in [0.3, 0.4) is 0 Å². The van der Waals surface area contributed by atoms with Gasteiger partial charge in [-0.15, -0.1) is 0 Å². The Morgan fingerprint density at radius 1 is 1.21 bits per heavy atom. The van der Waals surface area contributed by atoms with Gasteiger partial charge < -0.3 is 5.11 Å². The summed E-state index contributed by atoms with van der Waals surface area (Å²) in [5.41, 5.74) is 2.97. The molecule has 1 aromatic carbocycles. The maximum absolute atomic E-state index is 10.7. The first-order chi connectivity index (χ1) is 9.24. The van der Waals surface area contributed by atoms with E-state index < -0.39 is 5.97 Å². The Hall–Kier alpha value is -1.39. The molecule has 3 rings (SSSR count). The van der Waals surface area contributed by atoms with Crippen molar-refractivity contribution in [2.45, 2.75) is 18.9 Å². The smallest absolute Gasteiger partial charge is 0.317 e. The molecule has 1 aromatic rings. The van der Waals surface area contributed by atoms with Gasteiger partial charge in [0.05, 0.1) is 6.54 Å². The molecule has 4 nitrogen and oxygen atoms in total. The van der Waals surface area contributed by atoms with Gasteiger partial charge in [0.1, 0.15) is 0 Å². The number of hydrogen-bond donors (Lipinski definition) is 1. The minimum Gasteiger partial charge on any atom is -0.480 e. The fourth-order valence-corrected chi connectivity index (χ4v) is 3.34. The Kier molecular flexibility index (Phi) is 3.53. The van der Waals surface area contributed by atoms with Crippen molar-refractivity contribution in [3.63, 3.8) is 0 Å². The Bertz CT molecular complexity index is 467. The quantitative estimate of drug-likeness (QED) is 0.891. The van der Waals surface area contributed by atoms with Crippen LogP contribution in [0.15, 0.2) is 24.3 Å². The largest absolute Gasteiger partial charge is 0.480 e. The maximum Gasteiger partial charge on any atom is 0.317 e. The van der Waals surface area contributed by atoms with Crippen molar-refractivity contribution in [3.8, 4) is 0 Å². The number of carbonyl (C=O) groups is 1. The van der Waals surface area contributed by atoms with Crippen molar-refractivity contribution in [2.75, 3.05) is 32.7 Å². The molecule has 0 bridgehead atoms. The number of carboxylic acids is 1. The van der Waals surface area contributed by atoms with Crippen molar-refractivity contribution in [1.82, 2.24) is 9.80 Å². The number of fused-ring (bicyclic) bond motifs is 1. The molecule has 1 aliphatic carbocycles. The lowest BCUT2D eigenvalue weighted by molar-refractivity contribution is -0.138. The summed E-state index contributed by atoms with van der Waals surface area (Å²) >= 11 is 0. The number of hydrogen-bond acceptors (Lipinski definition) is 3. The van der Waals surface area contributed by atoms with Gasteiger partial charge in [0.2, 0.25) is 0 Å². The van der Waals surface area contributed by atoms with Crippen molar-refractivity contribution in [1.29, 1.82) is 0 Å². The highest BCUT2D eigenvalue weighted by molar-refractivity contribution is 5.69. The second kappa shape index (κ2) is 5.31. The zero-order valence-electron chi connectivity index (χ0n) is 11.1. The normalized spacial score (nSPS) is 24.3. The molecule has 0 saturated carbocycles. The number of aryl methyl sites for hydroxylation is 1. The van der Waals surface area contributed by atoms with Crippen LogP contribution in [0.1, 0.15) is 23.6 Å². The van der Waals surface area contributed by atoms with Crippen LogP contribution in [0.25, 0.3) is 0 Å². The summed E-state index contributed by atoms with van der Waals surface area (Å²) in [7, 11) is 0. The van der Waals surface area contributed by atoms with Crippen molar-refractivity contribution in [3.05, 3.63) is 35.4 Å². The molecular weight excluding hydrogens is 240 g/mol. The van der Waals surface area contributed by atoms with E-state index in [9.17, 15) is 4.79 Å². The number of piperazine rings is 1. The van der Waals surface area contributed by atoms with Crippen LogP contribution in [0.5, 0.6) is 0 Å². The summed E-state index contributed by atoms with van der Waals surface area (Å²) in [6.45, 7) is 3.86. The molecule has 1 aliphatic heterocycles. The van der Waals surface area contributed by atoms with E-state index in [4.69, 9.17) is 5.11 Å². The molecule has 0 radical (unpaired) electrons. The molecule has 1 heterocycles. The molecule has 1 fully saturated rings. The predicted molar refractivity (Wildman–Crippen MR) is 73.2 cm³/mol. The second-order valence-electron chi connectivity index (χ2n) is 5.46. The van der Waals surface area contributed by atoms with Crippen molar-refractivity contribution in [2.24, 2.45) is 0 Å². The Morgan fingerprint density at radius 3 is 2.68 bits per heavy atom. The van der Waals surface area contributed by atoms with E-state index in [1.807, 2.05) is 4.90 Å². The van der Waals surface area contributed by atoms with E-state index in [0.29, 0.717) is 6.04 Å². The highest BCUT2D eigenvalue weighted by Gasteiger charge is 2.30. The highest BCUT2D eigenvalue weighted by atomic mass is 16.4. The van der Waals surface area contributed by atoms with E-state index in [1.54, 1.807) is 0 Å². The molecule has 102 valence electrons. The number of carboxylic acid groups (broad SMARTS) is 1. The van der Waals surface area contributed by atoms with E-state index in [0.717, 1.165) is 26.2 Å². The molecule has 0 spiro atoms. The third-order valence-electron chi connectivity index (χ3n) is 4.31. The molecule has 0 amide bonds. The molecule has 1 unspecified atom stereocenters. The molecular formula is C15H20N2O2. The van der Waals surface area contributed by atoms with Gasteiger partial charge >= 0.3 is 5.97 Å². The second-order valence-corrected chi connectivity index (χ2v) is 5.46. The third kappa shape index (κ3) is 2.65. The number of aliphatic carboxylic acids is 1. The molecule has 1 atom stereocenters. The summed E-state index contributed by atoms with van der Waals surface area (Å²) in [4.78, 5) is 15.3. The first kappa shape index (κ1) is 12.6. The first-order valence-electron chi connectivity index (χ1n) is 7.00. The van der Waals surface area contributed by atoms with Gasteiger partial charge in [0, 0.05) is 32.2 Å². The SMILES string of the molecule is O=C(O)CN1CCN(C2CCc3ccccc32)CC1. The lowest BCUT2D eigenvalue weighted by Gasteiger charge is -2.37. The van der Waals surface area contributed by atoms with Crippen molar-refractivity contribution >= 4 is 5.97 Å². The number of rotatable bonds is 3. The van der Waals surface area contributed by atoms with E-state index in [1.165, 1.54) is 24.0 Å². The van der Waals surface area contributed by atoms with Gasteiger partial charge in [-0.1, -0.05) is 24.3 Å². The Balaban J connectivity index is 1.62. The average Bonchev–Trinajstić information content (AvgIpc) is 2.83. The fraction of sp³-hybridized carbons (Fsp3) is 0.533. The monoisotopic (exact) mass is 260 g/mol. The molecule has 2 aliphatic rings. The minimum atomic E-state index is -0.723. The molecule has 0 aromatic heterocycles. The first-order valence-corrected chi connectivity index (χ1v) is 7.00. The number of benzene rings is 1. The molecule has 4 heteroatoms. The lowest BCUT2D eigenvalue weighted by atomic mass is 10.1. The Morgan fingerprint density at radius 2 is 1.95 bits per heavy atom. The van der Waals surface area contributed by atoms with Crippen molar-refractivity contribution < 1.29 is 9.90 Å².